The molecule has 4 aliphatic rings. The van der Waals surface area contributed by atoms with Gasteiger partial charge in [-0.15, -0.1) is 0 Å². The smallest absolute Gasteiger partial charge is 0.173 e. The van der Waals surface area contributed by atoms with Crippen LogP contribution in [0.1, 0.15) is 65.7 Å². The zero-order chi connectivity index (χ0) is 15.7. The summed E-state index contributed by atoms with van der Waals surface area (Å²) in [4.78, 5) is 12.4. The number of rotatable bonds is 0. The Hall–Kier alpha value is -0.660. The molecule has 3 fully saturated rings. The molecule has 0 amide bonds. The standard InChI is InChI=1S/C20H29FO/c1-12-6-8-19(2)13(10-12)4-5-14-15(19)7-9-20(3)16(14)11-17(21)18(20)22/h4,12,14-17H,5-11H2,1-3H3/t12?,14-,15-,16+,17?,19+,20+/m1/s1. The van der Waals surface area contributed by atoms with Gasteiger partial charge in [-0.2, -0.15) is 0 Å². The maximum atomic E-state index is 14.1. The van der Waals surface area contributed by atoms with Crippen molar-refractivity contribution >= 4 is 5.78 Å². The van der Waals surface area contributed by atoms with Crippen LogP contribution in [0.3, 0.4) is 0 Å². The van der Waals surface area contributed by atoms with Crippen molar-refractivity contribution in [1.82, 2.24) is 0 Å². The Labute approximate surface area is 133 Å². The average Bonchev–Trinajstić information content (AvgIpc) is 2.72. The van der Waals surface area contributed by atoms with Gasteiger partial charge in [0.05, 0.1) is 0 Å². The van der Waals surface area contributed by atoms with E-state index >= 15 is 0 Å². The highest BCUT2D eigenvalue weighted by atomic mass is 19.1. The van der Waals surface area contributed by atoms with Crippen LogP contribution in [0.4, 0.5) is 4.39 Å². The second-order valence-corrected chi connectivity index (χ2v) is 9.13. The van der Waals surface area contributed by atoms with E-state index in [1.807, 2.05) is 0 Å². The van der Waals surface area contributed by atoms with E-state index in [1.165, 1.54) is 19.3 Å². The van der Waals surface area contributed by atoms with Crippen LogP contribution in [0.15, 0.2) is 11.6 Å². The van der Waals surface area contributed by atoms with Crippen LogP contribution >= 0.6 is 0 Å². The molecule has 3 saturated carbocycles. The number of hydrogen-bond donors (Lipinski definition) is 0. The molecule has 7 atom stereocenters. The minimum Gasteiger partial charge on any atom is -0.296 e. The molecule has 0 aliphatic heterocycles. The molecule has 0 N–H and O–H groups in total. The lowest BCUT2D eigenvalue weighted by atomic mass is 9.47. The number of fused-ring (bicyclic) bond motifs is 5. The Morgan fingerprint density at radius 2 is 1.86 bits per heavy atom. The molecule has 22 heavy (non-hydrogen) atoms. The van der Waals surface area contributed by atoms with Crippen LogP contribution in [0.25, 0.3) is 0 Å². The van der Waals surface area contributed by atoms with E-state index in [2.05, 4.69) is 26.8 Å². The van der Waals surface area contributed by atoms with Crippen molar-refractivity contribution in [3.05, 3.63) is 11.6 Å². The maximum absolute atomic E-state index is 14.1. The first kappa shape index (κ1) is 14.9. The van der Waals surface area contributed by atoms with Crippen molar-refractivity contribution in [3.8, 4) is 0 Å². The van der Waals surface area contributed by atoms with Gasteiger partial charge in [-0.1, -0.05) is 32.4 Å². The summed E-state index contributed by atoms with van der Waals surface area (Å²) in [6.45, 7) is 6.89. The summed E-state index contributed by atoms with van der Waals surface area (Å²) in [5, 5.41) is 0. The number of hydrogen-bond acceptors (Lipinski definition) is 1. The largest absolute Gasteiger partial charge is 0.296 e. The van der Waals surface area contributed by atoms with Crippen molar-refractivity contribution in [2.24, 2.45) is 34.5 Å². The molecule has 0 saturated heterocycles. The predicted molar refractivity (Wildman–Crippen MR) is 86.2 cm³/mol. The topological polar surface area (TPSA) is 17.1 Å². The van der Waals surface area contributed by atoms with Gasteiger partial charge in [0.1, 0.15) is 0 Å². The molecule has 0 aromatic heterocycles. The monoisotopic (exact) mass is 304 g/mol. The third kappa shape index (κ3) is 1.79. The molecule has 122 valence electrons. The van der Waals surface area contributed by atoms with Gasteiger partial charge < -0.3 is 0 Å². The van der Waals surface area contributed by atoms with E-state index in [1.54, 1.807) is 5.57 Å². The van der Waals surface area contributed by atoms with E-state index in [0.717, 1.165) is 25.2 Å². The van der Waals surface area contributed by atoms with Gasteiger partial charge in [0, 0.05) is 5.41 Å². The normalized spacial score (nSPS) is 54.3. The lowest BCUT2D eigenvalue weighted by Crippen LogP contribution is -2.50. The summed E-state index contributed by atoms with van der Waals surface area (Å²) < 4.78 is 14.1. The molecule has 2 heteroatoms. The fourth-order valence-corrected chi connectivity index (χ4v) is 6.59. The van der Waals surface area contributed by atoms with Gasteiger partial charge in [0.2, 0.25) is 0 Å². The summed E-state index contributed by atoms with van der Waals surface area (Å²) in [5.74, 6) is 2.21. The zero-order valence-corrected chi connectivity index (χ0v) is 14.2. The Morgan fingerprint density at radius 1 is 1.14 bits per heavy atom. The van der Waals surface area contributed by atoms with Crippen molar-refractivity contribution in [2.45, 2.75) is 71.9 Å². The minimum atomic E-state index is -1.20. The third-order valence-electron chi connectivity index (χ3n) is 8.05. The summed E-state index contributed by atoms with van der Waals surface area (Å²) in [6.07, 6.45) is 8.77. The van der Waals surface area contributed by atoms with Gasteiger partial charge in [0.15, 0.2) is 12.0 Å². The quantitative estimate of drug-likeness (QED) is 0.569. The highest BCUT2D eigenvalue weighted by Gasteiger charge is 2.61. The second kappa shape index (κ2) is 4.68. The molecule has 0 radical (unpaired) electrons. The summed E-state index contributed by atoms with van der Waals surface area (Å²) in [6, 6.07) is 0. The van der Waals surface area contributed by atoms with E-state index in [9.17, 15) is 9.18 Å². The van der Waals surface area contributed by atoms with Crippen LogP contribution < -0.4 is 0 Å². The van der Waals surface area contributed by atoms with Crippen molar-refractivity contribution in [2.75, 3.05) is 0 Å². The molecule has 4 rings (SSSR count). The number of allylic oxidation sites excluding steroid dienone is 2. The molecule has 2 unspecified atom stereocenters. The van der Waals surface area contributed by atoms with Gasteiger partial charge in [-0.3, -0.25) is 4.79 Å². The number of carbonyl (C=O) groups excluding carboxylic acids is 1. The van der Waals surface area contributed by atoms with Gasteiger partial charge in [-0.25, -0.2) is 4.39 Å². The van der Waals surface area contributed by atoms with E-state index in [-0.39, 0.29) is 17.1 Å². The van der Waals surface area contributed by atoms with E-state index < -0.39 is 6.17 Å². The summed E-state index contributed by atoms with van der Waals surface area (Å²) in [5.41, 5.74) is 1.63. The minimum absolute atomic E-state index is 0.0897. The number of ketones is 1. The molecular formula is C20H29FO. The number of carbonyl (C=O) groups is 1. The second-order valence-electron chi connectivity index (χ2n) is 9.13. The van der Waals surface area contributed by atoms with Crippen LogP contribution in [0.2, 0.25) is 0 Å². The van der Waals surface area contributed by atoms with Gasteiger partial charge in [-0.05, 0) is 74.0 Å². The number of halogens is 1. The van der Waals surface area contributed by atoms with Crippen molar-refractivity contribution < 1.29 is 9.18 Å². The van der Waals surface area contributed by atoms with Crippen LogP contribution in [-0.2, 0) is 4.79 Å². The van der Waals surface area contributed by atoms with Crippen LogP contribution in [-0.4, -0.2) is 12.0 Å². The number of alkyl halides is 1. The van der Waals surface area contributed by atoms with Crippen LogP contribution in [0, 0.1) is 34.5 Å². The summed E-state index contributed by atoms with van der Waals surface area (Å²) in [7, 11) is 0. The lowest BCUT2D eigenvalue weighted by molar-refractivity contribution is -0.134. The molecule has 0 heterocycles. The third-order valence-corrected chi connectivity index (χ3v) is 8.05. The molecule has 0 bridgehead atoms. The molecule has 4 aliphatic carbocycles. The van der Waals surface area contributed by atoms with Crippen molar-refractivity contribution in [1.29, 1.82) is 0 Å². The predicted octanol–water partition coefficient (Wildman–Crippen LogP) is 5.10. The van der Waals surface area contributed by atoms with Gasteiger partial charge in [0.25, 0.3) is 0 Å². The highest BCUT2D eigenvalue weighted by Crippen LogP contribution is 2.64. The Bertz CT molecular complexity index is 538. The molecule has 1 nitrogen and oxygen atoms in total. The van der Waals surface area contributed by atoms with Crippen molar-refractivity contribution in [3.63, 3.8) is 0 Å². The van der Waals surface area contributed by atoms with E-state index in [0.29, 0.717) is 23.7 Å². The SMILES string of the molecule is CC1CC[C@@]2(C)C(=CC[C@@H]3[C@H]2CC[C@]2(C)C(=O)C(F)C[C@@H]32)C1. The Kier molecular flexibility index (Phi) is 3.17. The van der Waals surface area contributed by atoms with Crippen LogP contribution in [0.5, 0.6) is 0 Å². The first-order valence-corrected chi connectivity index (χ1v) is 9.24. The summed E-state index contributed by atoms with van der Waals surface area (Å²) >= 11 is 0. The van der Waals surface area contributed by atoms with E-state index in [4.69, 9.17) is 0 Å². The fourth-order valence-electron chi connectivity index (χ4n) is 6.59. The molecular weight excluding hydrogens is 275 g/mol. The molecule has 0 spiro atoms. The Balaban J connectivity index is 1.70. The highest BCUT2D eigenvalue weighted by molar-refractivity contribution is 5.91. The fraction of sp³-hybridized carbons (Fsp3) is 0.850. The first-order valence-electron chi connectivity index (χ1n) is 9.24. The zero-order valence-electron chi connectivity index (χ0n) is 14.2. The maximum Gasteiger partial charge on any atom is 0.173 e. The first-order chi connectivity index (χ1) is 10.4. The average molecular weight is 304 g/mol. The Morgan fingerprint density at radius 3 is 2.64 bits per heavy atom. The lowest BCUT2D eigenvalue weighted by Gasteiger charge is -2.56. The van der Waals surface area contributed by atoms with Gasteiger partial charge >= 0.3 is 0 Å². The molecule has 0 aromatic rings. The number of Topliss-reactive ketones (excluding diaryl/α,β-unsaturated/α-hetero) is 1. The molecule has 0 aromatic carbocycles.